The highest BCUT2D eigenvalue weighted by atomic mass is 32.1. The maximum atomic E-state index is 7.28. The molecule has 72 valence electrons. The van der Waals surface area contributed by atoms with E-state index in [0.29, 0.717) is 0 Å². The molecule has 0 aliphatic heterocycles. The minimum absolute atomic E-state index is 0.0262. The van der Waals surface area contributed by atoms with Crippen molar-refractivity contribution in [1.29, 1.82) is 5.41 Å². The highest BCUT2D eigenvalue weighted by Gasteiger charge is 2.12. The molecule has 1 atom stereocenters. The fourth-order valence-corrected chi connectivity index (χ4v) is 1.50. The second-order valence-corrected chi connectivity index (χ2v) is 3.74. The number of thiazole rings is 1. The van der Waals surface area contributed by atoms with Crippen LogP contribution in [0.3, 0.4) is 0 Å². The van der Waals surface area contributed by atoms with Crippen molar-refractivity contribution < 1.29 is 0 Å². The molecule has 0 aromatic carbocycles. The monoisotopic (exact) mass is 198 g/mol. The Kier molecular flexibility index (Phi) is 3.39. The largest absolute Gasteiger partial charge is 0.386 e. The molecule has 1 heterocycles. The van der Waals surface area contributed by atoms with Gasteiger partial charge < -0.3 is 5.73 Å². The Labute approximate surface area is 81.9 Å². The molecular formula is C8H14N4S. The molecule has 0 aliphatic carbocycles. The van der Waals surface area contributed by atoms with Gasteiger partial charge in [-0.1, -0.05) is 0 Å². The molecule has 0 amide bonds. The van der Waals surface area contributed by atoms with Crippen molar-refractivity contribution in [3.8, 4) is 0 Å². The maximum absolute atomic E-state index is 7.28. The molecule has 0 fully saturated rings. The van der Waals surface area contributed by atoms with Crippen molar-refractivity contribution in [3.63, 3.8) is 0 Å². The summed E-state index contributed by atoms with van der Waals surface area (Å²) < 4.78 is 0. The Morgan fingerprint density at radius 3 is 3.00 bits per heavy atom. The summed E-state index contributed by atoms with van der Waals surface area (Å²) in [5, 5.41) is 9.28. The van der Waals surface area contributed by atoms with Gasteiger partial charge >= 0.3 is 0 Å². The van der Waals surface area contributed by atoms with Gasteiger partial charge in [-0.3, -0.25) is 10.3 Å². The van der Waals surface area contributed by atoms with Crippen LogP contribution in [0.4, 0.5) is 0 Å². The van der Waals surface area contributed by atoms with E-state index in [1.807, 2.05) is 29.8 Å². The van der Waals surface area contributed by atoms with Crippen molar-refractivity contribution in [1.82, 2.24) is 9.88 Å². The number of hydrogen-bond donors (Lipinski definition) is 2. The van der Waals surface area contributed by atoms with Crippen LogP contribution in [0.15, 0.2) is 10.9 Å². The Bertz CT molecular complexity index is 270. The van der Waals surface area contributed by atoms with Crippen LogP contribution < -0.4 is 5.73 Å². The molecule has 0 saturated carbocycles. The van der Waals surface area contributed by atoms with Crippen molar-refractivity contribution in [3.05, 3.63) is 16.6 Å². The first-order chi connectivity index (χ1) is 6.11. The first-order valence-corrected chi connectivity index (χ1v) is 4.96. The molecule has 13 heavy (non-hydrogen) atoms. The van der Waals surface area contributed by atoms with E-state index in [1.165, 1.54) is 0 Å². The van der Waals surface area contributed by atoms with Gasteiger partial charge in [-0.25, -0.2) is 4.98 Å². The topological polar surface area (TPSA) is 66.0 Å². The lowest BCUT2D eigenvalue weighted by Crippen LogP contribution is -2.39. The Hall–Kier alpha value is -0.940. The van der Waals surface area contributed by atoms with Crippen LogP contribution in [0, 0.1) is 5.41 Å². The van der Waals surface area contributed by atoms with Crippen molar-refractivity contribution in [2.24, 2.45) is 5.73 Å². The summed E-state index contributed by atoms with van der Waals surface area (Å²) >= 11 is 1.58. The molecule has 1 rings (SSSR count). The van der Waals surface area contributed by atoms with Gasteiger partial charge in [0.2, 0.25) is 0 Å². The van der Waals surface area contributed by atoms with Crippen LogP contribution >= 0.6 is 11.3 Å². The SMILES string of the molecule is CC(C(=N)N)N(C)Cc1cscn1. The second kappa shape index (κ2) is 4.34. The zero-order valence-corrected chi connectivity index (χ0v) is 8.64. The number of nitrogens with two attached hydrogens (primary N) is 1. The van der Waals surface area contributed by atoms with Crippen molar-refractivity contribution >= 4 is 17.2 Å². The molecule has 0 saturated heterocycles. The first kappa shape index (κ1) is 10.1. The number of likely N-dealkylation sites (N-methyl/N-ethyl adjacent to an activating group) is 1. The van der Waals surface area contributed by atoms with Gasteiger partial charge in [-0.2, -0.15) is 0 Å². The van der Waals surface area contributed by atoms with E-state index in [0.717, 1.165) is 12.2 Å². The summed E-state index contributed by atoms with van der Waals surface area (Å²) in [6.07, 6.45) is 0. The van der Waals surface area contributed by atoms with E-state index in [4.69, 9.17) is 11.1 Å². The van der Waals surface area contributed by atoms with Crippen LogP contribution in [0.25, 0.3) is 0 Å². The molecule has 0 radical (unpaired) electrons. The highest BCUT2D eigenvalue weighted by Crippen LogP contribution is 2.06. The van der Waals surface area contributed by atoms with Gasteiger partial charge in [0.25, 0.3) is 0 Å². The zero-order chi connectivity index (χ0) is 9.84. The molecular weight excluding hydrogens is 184 g/mol. The number of rotatable bonds is 4. The molecule has 1 unspecified atom stereocenters. The molecule has 1 aromatic rings. The van der Waals surface area contributed by atoms with Gasteiger partial charge in [0.05, 0.1) is 17.2 Å². The molecule has 0 spiro atoms. The molecule has 5 heteroatoms. The first-order valence-electron chi connectivity index (χ1n) is 4.02. The highest BCUT2D eigenvalue weighted by molar-refractivity contribution is 7.07. The van der Waals surface area contributed by atoms with Crippen LogP contribution in [0.2, 0.25) is 0 Å². The fourth-order valence-electron chi connectivity index (χ4n) is 0.946. The van der Waals surface area contributed by atoms with Crippen LogP contribution in [-0.2, 0) is 6.54 Å². The zero-order valence-electron chi connectivity index (χ0n) is 7.82. The summed E-state index contributed by atoms with van der Waals surface area (Å²) in [6.45, 7) is 2.65. The van der Waals surface area contributed by atoms with Crippen molar-refractivity contribution in [2.45, 2.75) is 19.5 Å². The lowest BCUT2D eigenvalue weighted by Gasteiger charge is -2.22. The predicted octanol–water partition coefficient (Wildman–Crippen LogP) is 0.899. The van der Waals surface area contributed by atoms with E-state index in [1.54, 1.807) is 11.3 Å². The lowest BCUT2D eigenvalue weighted by molar-refractivity contribution is 0.298. The van der Waals surface area contributed by atoms with Crippen LogP contribution in [-0.4, -0.2) is 28.8 Å². The minimum atomic E-state index is -0.0262. The van der Waals surface area contributed by atoms with Gasteiger partial charge in [-0.15, -0.1) is 11.3 Å². The standard InChI is InChI=1S/C8H14N4S/c1-6(8(9)10)12(2)3-7-4-13-5-11-7/h4-6H,3H2,1-2H3,(H3,9,10). The number of hydrogen-bond acceptors (Lipinski definition) is 4. The van der Waals surface area contributed by atoms with E-state index in [-0.39, 0.29) is 11.9 Å². The predicted molar refractivity (Wildman–Crippen MR) is 55.0 cm³/mol. The third-order valence-corrected chi connectivity index (χ3v) is 2.64. The summed E-state index contributed by atoms with van der Waals surface area (Å²) in [5.74, 6) is 0.192. The summed E-state index contributed by atoms with van der Waals surface area (Å²) in [5.41, 5.74) is 8.23. The average molecular weight is 198 g/mol. The number of amidine groups is 1. The van der Waals surface area contributed by atoms with Gasteiger partial charge in [0.15, 0.2) is 0 Å². The molecule has 1 aromatic heterocycles. The van der Waals surface area contributed by atoms with E-state index < -0.39 is 0 Å². The maximum Gasteiger partial charge on any atom is 0.108 e. The van der Waals surface area contributed by atoms with Crippen LogP contribution in [0.1, 0.15) is 12.6 Å². The normalized spacial score (nSPS) is 13.2. The molecule has 4 nitrogen and oxygen atoms in total. The smallest absolute Gasteiger partial charge is 0.108 e. The van der Waals surface area contributed by atoms with E-state index in [2.05, 4.69) is 4.98 Å². The third-order valence-electron chi connectivity index (χ3n) is 2.01. The number of nitrogens with zero attached hydrogens (tertiary/aromatic N) is 2. The Morgan fingerprint density at radius 2 is 2.54 bits per heavy atom. The summed E-state index contributed by atoms with van der Waals surface area (Å²) in [4.78, 5) is 6.16. The quantitative estimate of drug-likeness (QED) is 0.558. The van der Waals surface area contributed by atoms with Crippen LogP contribution in [0.5, 0.6) is 0 Å². The number of nitrogens with one attached hydrogen (secondary N) is 1. The molecule has 3 N–H and O–H groups in total. The van der Waals surface area contributed by atoms with E-state index >= 15 is 0 Å². The Balaban J connectivity index is 2.50. The minimum Gasteiger partial charge on any atom is -0.386 e. The van der Waals surface area contributed by atoms with Gasteiger partial charge in [0, 0.05) is 11.9 Å². The Morgan fingerprint density at radius 1 is 1.85 bits per heavy atom. The average Bonchev–Trinajstić information content (AvgIpc) is 2.55. The third kappa shape index (κ3) is 2.78. The fraction of sp³-hybridized carbons (Fsp3) is 0.500. The van der Waals surface area contributed by atoms with Gasteiger partial charge in [0.1, 0.15) is 5.84 Å². The number of aromatic nitrogens is 1. The van der Waals surface area contributed by atoms with Gasteiger partial charge in [-0.05, 0) is 14.0 Å². The summed E-state index contributed by atoms with van der Waals surface area (Å²) in [6, 6.07) is -0.0262. The van der Waals surface area contributed by atoms with Crippen molar-refractivity contribution in [2.75, 3.05) is 7.05 Å². The second-order valence-electron chi connectivity index (χ2n) is 3.03. The molecule has 0 aliphatic rings. The lowest BCUT2D eigenvalue weighted by atomic mass is 10.2. The summed E-state index contributed by atoms with van der Waals surface area (Å²) in [7, 11) is 1.94. The molecule has 0 bridgehead atoms. The van der Waals surface area contributed by atoms with E-state index in [9.17, 15) is 0 Å².